The summed E-state index contributed by atoms with van der Waals surface area (Å²) in [5, 5.41) is 0. The van der Waals surface area contributed by atoms with Crippen LogP contribution in [0.3, 0.4) is 0 Å². The highest BCUT2D eigenvalue weighted by molar-refractivity contribution is 7.16. The second-order valence-corrected chi connectivity index (χ2v) is 6.60. The van der Waals surface area contributed by atoms with E-state index in [-0.39, 0.29) is 0 Å². The smallest absolute Gasteiger partial charge is 0.0931 e. The molecule has 4 heteroatoms. The molecule has 1 aromatic rings. The summed E-state index contributed by atoms with van der Waals surface area (Å²) in [6.07, 6.45) is 3.80. The molecule has 2 heterocycles. The van der Waals surface area contributed by atoms with Crippen molar-refractivity contribution in [1.29, 1.82) is 0 Å². The van der Waals surface area contributed by atoms with E-state index in [1.54, 1.807) is 11.3 Å². The molecule has 0 bridgehead atoms. The third-order valence-corrected chi connectivity index (χ3v) is 4.56. The van der Waals surface area contributed by atoms with E-state index in [0.717, 1.165) is 29.1 Å². The lowest BCUT2D eigenvalue weighted by Crippen LogP contribution is -2.34. The fraction of sp³-hybridized carbons (Fsp3) is 0.667. The first kappa shape index (κ1) is 12.7. The molecule has 1 nitrogen and oxygen atoms in total. The van der Waals surface area contributed by atoms with Gasteiger partial charge < -0.3 is 0 Å². The Morgan fingerprint density at radius 2 is 2.31 bits per heavy atom. The van der Waals surface area contributed by atoms with Gasteiger partial charge in [-0.1, -0.05) is 11.6 Å². The standard InChI is InChI=1S/C12H17Cl2NS/c13-6-5-10-2-1-7-15(8-10)9-11-3-4-12(14)16-11/h3-4,10H,1-2,5-9H2. The third-order valence-electron chi connectivity index (χ3n) is 3.13. The molecule has 0 aromatic carbocycles. The van der Waals surface area contributed by atoms with Crippen LogP contribution in [0.5, 0.6) is 0 Å². The Balaban J connectivity index is 1.85. The molecule has 1 saturated heterocycles. The molecule has 16 heavy (non-hydrogen) atoms. The maximum absolute atomic E-state index is 5.94. The lowest BCUT2D eigenvalue weighted by molar-refractivity contribution is 0.166. The van der Waals surface area contributed by atoms with E-state index >= 15 is 0 Å². The Hall–Kier alpha value is 0.240. The van der Waals surface area contributed by atoms with Crippen molar-refractivity contribution < 1.29 is 0 Å². The molecular formula is C12H17Cl2NS. The van der Waals surface area contributed by atoms with Crippen LogP contribution in [-0.4, -0.2) is 23.9 Å². The summed E-state index contributed by atoms with van der Waals surface area (Å²) in [7, 11) is 0. The van der Waals surface area contributed by atoms with Crippen molar-refractivity contribution in [2.24, 2.45) is 5.92 Å². The van der Waals surface area contributed by atoms with E-state index in [4.69, 9.17) is 23.2 Å². The topological polar surface area (TPSA) is 3.24 Å². The summed E-state index contributed by atoms with van der Waals surface area (Å²) in [5.74, 6) is 1.59. The Morgan fingerprint density at radius 1 is 1.44 bits per heavy atom. The summed E-state index contributed by atoms with van der Waals surface area (Å²) in [6, 6.07) is 4.12. The molecule has 1 fully saturated rings. The molecule has 1 unspecified atom stereocenters. The summed E-state index contributed by atoms with van der Waals surface area (Å²) in [6.45, 7) is 3.46. The largest absolute Gasteiger partial charge is 0.298 e. The predicted octanol–water partition coefficient (Wildman–Crippen LogP) is 4.24. The second-order valence-electron chi connectivity index (χ2n) is 4.43. The monoisotopic (exact) mass is 277 g/mol. The van der Waals surface area contributed by atoms with Gasteiger partial charge in [0.05, 0.1) is 4.34 Å². The minimum absolute atomic E-state index is 0.793. The number of rotatable bonds is 4. The average molecular weight is 278 g/mol. The van der Waals surface area contributed by atoms with Crippen LogP contribution in [0.25, 0.3) is 0 Å². The van der Waals surface area contributed by atoms with Crippen LogP contribution in [-0.2, 0) is 6.54 Å². The van der Waals surface area contributed by atoms with Gasteiger partial charge >= 0.3 is 0 Å². The zero-order valence-electron chi connectivity index (χ0n) is 9.29. The highest BCUT2D eigenvalue weighted by atomic mass is 35.5. The van der Waals surface area contributed by atoms with Crippen LogP contribution in [0.15, 0.2) is 12.1 Å². The minimum Gasteiger partial charge on any atom is -0.298 e. The Bertz CT molecular complexity index is 325. The molecule has 0 N–H and O–H groups in total. The molecule has 2 rings (SSSR count). The molecule has 1 aromatic heterocycles. The SMILES string of the molecule is ClCCC1CCCN(Cc2ccc(Cl)s2)C1. The van der Waals surface area contributed by atoms with Crippen molar-refractivity contribution in [2.75, 3.05) is 19.0 Å². The van der Waals surface area contributed by atoms with Gasteiger partial charge in [0, 0.05) is 23.8 Å². The van der Waals surface area contributed by atoms with Crippen LogP contribution < -0.4 is 0 Å². The van der Waals surface area contributed by atoms with Crippen molar-refractivity contribution in [2.45, 2.75) is 25.8 Å². The van der Waals surface area contributed by atoms with E-state index in [2.05, 4.69) is 11.0 Å². The quantitative estimate of drug-likeness (QED) is 0.744. The van der Waals surface area contributed by atoms with Crippen molar-refractivity contribution >= 4 is 34.5 Å². The summed E-state index contributed by atoms with van der Waals surface area (Å²) >= 11 is 13.4. The molecule has 0 radical (unpaired) electrons. The molecule has 1 aliphatic heterocycles. The first-order valence-electron chi connectivity index (χ1n) is 5.80. The predicted molar refractivity (Wildman–Crippen MR) is 72.7 cm³/mol. The van der Waals surface area contributed by atoms with Crippen LogP contribution in [0.2, 0.25) is 4.34 Å². The second kappa shape index (κ2) is 6.25. The van der Waals surface area contributed by atoms with Crippen LogP contribution in [0, 0.1) is 5.92 Å². The number of piperidine rings is 1. The van der Waals surface area contributed by atoms with Gasteiger partial charge in [-0.15, -0.1) is 22.9 Å². The van der Waals surface area contributed by atoms with Gasteiger partial charge in [0.15, 0.2) is 0 Å². The minimum atomic E-state index is 0.793. The van der Waals surface area contributed by atoms with Crippen LogP contribution >= 0.6 is 34.5 Å². The van der Waals surface area contributed by atoms with Gasteiger partial charge in [0.2, 0.25) is 0 Å². The molecule has 1 atom stereocenters. The first-order chi connectivity index (χ1) is 7.78. The van der Waals surface area contributed by atoms with Gasteiger partial charge in [-0.25, -0.2) is 0 Å². The summed E-state index contributed by atoms with van der Waals surface area (Å²) < 4.78 is 0.893. The molecule has 90 valence electrons. The number of halogens is 2. The number of hydrogen-bond acceptors (Lipinski definition) is 2. The van der Waals surface area contributed by atoms with E-state index in [0.29, 0.717) is 0 Å². The number of hydrogen-bond donors (Lipinski definition) is 0. The molecule has 1 aliphatic rings. The Labute approximate surface area is 111 Å². The maximum atomic E-state index is 5.94. The van der Waals surface area contributed by atoms with Crippen molar-refractivity contribution in [3.8, 4) is 0 Å². The van der Waals surface area contributed by atoms with Crippen molar-refractivity contribution in [3.63, 3.8) is 0 Å². The maximum Gasteiger partial charge on any atom is 0.0931 e. The van der Waals surface area contributed by atoms with E-state index in [1.807, 2.05) is 6.07 Å². The Morgan fingerprint density at radius 3 is 3.00 bits per heavy atom. The number of thiophene rings is 1. The zero-order valence-corrected chi connectivity index (χ0v) is 11.6. The fourth-order valence-corrected chi connectivity index (χ4v) is 3.78. The van der Waals surface area contributed by atoms with Crippen LogP contribution in [0.4, 0.5) is 0 Å². The lowest BCUT2D eigenvalue weighted by Gasteiger charge is -2.32. The molecule has 0 spiro atoms. The van der Waals surface area contributed by atoms with Gasteiger partial charge in [-0.05, 0) is 43.9 Å². The molecule has 0 saturated carbocycles. The first-order valence-corrected chi connectivity index (χ1v) is 7.53. The normalized spacial score (nSPS) is 22.5. The molecule has 0 amide bonds. The summed E-state index contributed by atoms with van der Waals surface area (Å²) in [5.41, 5.74) is 0. The lowest BCUT2D eigenvalue weighted by atomic mass is 9.95. The van der Waals surface area contributed by atoms with Crippen molar-refractivity contribution in [1.82, 2.24) is 4.90 Å². The van der Waals surface area contributed by atoms with Gasteiger partial charge in [-0.2, -0.15) is 0 Å². The molecule has 0 aliphatic carbocycles. The van der Waals surface area contributed by atoms with Gasteiger partial charge in [-0.3, -0.25) is 4.90 Å². The highest BCUT2D eigenvalue weighted by Gasteiger charge is 2.19. The highest BCUT2D eigenvalue weighted by Crippen LogP contribution is 2.26. The van der Waals surface area contributed by atoms with E-state index < -0.39 is 0 Å². The average Bonchev–Trinajstić information content (AvgIpc) is 2.65. The Kier molecular flexibility index (Phi) is 4.96. The summed E-state index contributed by atoms with van der Waals surface area (Å²) in [4.78, 5) is 3.90. The van der Waals surface area contributed by atoms with Crippen molar-refractivity contribution in [3.05, 3.63) is 21.3 Å². The number of nitrogens with zero attached hydrogens (tertiary/aromatic N) is 1. The van der Waals surface area contributed by atoms with E-state index in [1.165, 1.54) is 30.8 Å². The zero-order chi connectivity index (χ0) is 11.4. The number of alkyl halides is 1. The fourth-order valence-electron chi connectivity index (χ4n) is 2.34. The molecular weight excluding hydrogens is 261 g/mol. The third kappa shape index (κ3) is 3.63. The van der Waals surface area contributed by atoms with Gasteiger partial charge in [0.1, 0.15) is 0 Å². The van der Waals surface area contributed by atoms with Crippen LogP contribution in [0.1, 0.15) is 24.1 Å². The number of likely N-dealkylation sites (tertiary alicyclic amines) is 1. The van der Waals surface area contributed by atoms with Gasteiger partial charge in [0.25, 0.3) is 0 Å². The van der Waals surface area contributed by atoms with E-state index in [9.17, 15) is 0 Å².